The van der Waals surface area contributed by atoms with Crippen LogP contribution >= 0.6 is 0 Å². The number of ether oxygens (including phenoxy) is 1. The maximum atomic E-state index is 12.5. The fraction of sp³-hybridized carbons (Fsp3) is 0.421. The molecule has 1 fully saturated rings. The summed E-state index contributed by atoms with van der Waals surface area (Å²) in [7, 11) is 0. The Morgan fingerprint density at radius 2 is 2.00 bits per heavy atom. The molecule has 8 heteroatoms. The molecule has 144 valence electrons. The highest BCUT2D eigenvalue weighted by Gasteiger charge is 2.26. The van der Waals surface area contributed by atoms with E-state index in [0.29, 0.717) is 25.3 Å². The van der Waals surface area contributed by atoms with Crippen molar-refractivity contribution in [2.45, 2.75) is 19.9 Å². The average molecular weight is 373 g/mol. The van der Waals surface area contributed by atoms with Gasteiger partial charge in [0.25, 0.3) is 11.6 Å². The van der Waals surface area contributed by atoms with Gasteiger partial charge in [-0.25, -0.2) is 0 Å². The second-order valence-corrected chi connectivity index (χ2v) is 6.58. The molecule has 1 aromatic heterocycles. The van der Waals surface area contributed by atoms with Crippen LogP contribution < -0.4 is 5.32 Å². The number of carbonyl (C=O) groups excluding carboxylic acids is 1. The Hall–Kier alpha value is -2.71. The Morgan fingerprint density at radius 3 is 2.63 bits per heavy atom. The molecule has 1 aromatic carbocycles. The predicted octanol–water partition coefficient (Wildman–Crippen LogP) is 2.61. The Bertz CT molecular complexity index is 827. The van der Waals surface area contributed by atoms with Crippen LogP contribution in [0.15, 0.2) is 34.7 Å². The normalized spacial score (nSPS) is 16.1. The van der Waals surface area contributed by atoms with Crippen molar-refractivity contribution >= 4 is 11.6 Å². The summed E-state index contributed by atoms with van der Waals surface area (Å²) in [5.74, 6) is 1.24. The number of aryl methyl sites for hydroxylation is 2. The summed E-state index contributed by atoms with van der Waals surface area (Å²) in [5, 5.41) is 14.0. The Labute approximate surface area is 157 Å². The van der Waals surface area contributed by atoms with Crippen LogP contribution in [0.25, 0.3) is 0 Å². The van der Waals surface area contributed by atoms with Crippen molar-refractivity contribution in [2.75, 3.05) is 32.8 Å². The maximum absolute atomic E-state index is 12.5. The van der Waals surface area contributed by atoms with Crippen molar-refractivity contribution in [3.63, 3.8) is 0 Å². The number of amides is 1. The number of morpholine rings is 1. The van der Waals surface area contributed by atoms with E-state index in [9.17, 15) is 14.9 Å². The van der Waals surface area contributed by atoms with Crippen LogP contribution in [-0.2, 0) is 4.74 Å². The van der Waals surface area contributed by atoms with E-state index in [0.717, 1.165) is 24.6 Å². The Kier molecular flexibility index (Phi) is 5.88. The molecule has 2 heterocycles. The Morgan fingerprint density at radius 1 is 1.26 bits per heavy atom. The molecule has 8 nitrogen and oxygen atoms in total. The molecule has 27 heavy (non-hydrogen) atoms. The van der Waals surface area contributed by atoms with E-state index in [4.69, 9.17) is 9.15 Å². The lowest BCUT2D eigenvalue weighted by molar-refractivity contribution is -0.385. The first-order chi connectivity index (χ1) is 13.0. The van der Waals surface area contributed by atoms with Crippen LogP contribution in [0.4, 0.5) is 5.69 Å². The van der Waals surface area contributed by atoms with Crippen LogP contribution in [0.2, 0.25) is 0 Å². The van der Waals surface area contributed by atoms with Crippen molar-refractivity contribution in [2.24, 2.45) is 0 Å². The molecule has 1 aliphatic heterocycles. The second-order valence-electron chi connectivity index (χ2n) is 6.58. The van der Waals surface area contributed by atoms with Gasteiger partial charge in [0.2, 0.25) is 0 Å². The number of hydrogen-bond acceptors (Lipinski definition) is 6. The van der Waals surface area contributed by atoms with Gasteiger partial charge in [-0.15, -0.1) is 0 Å². The Balaban J connectivity index is 1.74. The van der Waals surface area contributed by atoms with Crippen molar-refractivity contribution < 1.29 is 18.9 Å². The third kappa shape index (κ3) is 4.53. The second kappa shape index (κ2) is 8.32. The number of furan rings is 1. The van der Waals surface area contributed by atoms with Crippen LogP contribution in [0.5, 0.6) is 0 Å². The number of rotatable bonds is 6. The van der Waals surface area contributed by atoms with Crippen LogP contribution in [0, 0.1) is 24.0 Å². The summed E-state index contributed by atoms with van der Waals surface area (Å²) < 4.78 is 11.2. The first-order valence-corrected chi connectivity index (χ1v) is 8.87. The minimum absolute atomic E-state index is 0.0611. The lowest BCUT2D eigenvalue weighted by Gasteiger charge is -2.33. The number of nitro benzene ring substituents is 1. The first-order valence-electron chi connectivity index (χ1n) is 8.87. The lowest BCUT2D eigenvalue weighted by atomic mass is 10.1. The SMILES string of the molecule is Cc1ccc([C@@H](CNC(=O)c2ccc(C)c([N+](=O)[O-])c2)N2CCOCC2)o1. The minimum atomic E-state index is -0.478. The highest BCUT2D eigenvalue weighted by atomic mass is 16.6. The van der Waals surface area contributed by atoms with E-state index < -0.39 is 4.92 Å². The van der Waals surface area contributed by atoms with Gasteiger partial charge in [-0.2, -0.15) is 0 Å². The van der Waals surface area contributed by atoms with Crippen molar-refractivity contribution in [3.8, 4) is 0 Å². The molecule has 0 aliphatic carbocycles. The quantitative estimate of drug-likeness (QED) is 0.617. The molecule has 1 aliphatic rings. The molecule has 1 N–H and O–H groups in total. The summed E-state index contributed by atoms with van der Waals surface area (Å²) >= 11 is 0. The average Bonchev–Trinajstić information content (AvgIpc) is 3.09. The molecule has 2 aromatic rings. The van der Waals surface area contributed by atoms with E-state index >= 15 is 0 Å². The summed E-state index contributed by atoms with van der Waals surface area (Å²) in [6, 6.07) is 8.19. The number of nitrogens with zero attached hydrogens (tertiary/aromatic N) is 2. The smallest absolute Gasteiger partial charge is 0.273 e. The van der Waals surface area contributed by atoms with Gasteiger partial charge in [0.05, 0.1) is 24.2 Å². The first kappa shape index (κ1) is 19.1. The summed E-state index contributed by atoms with van der Waals surface area (Å²) in [4.78, 5) is 25.4. The van der Waals surface area contributed by atoms with Gasteiger partial charge < -0.3 is 14.5 Å². The van der Waals surface area contributed by atoms with Crippen molar-refractivity contribution in [3.05, 3.63) is 63.1 Å². The molecular formula is C19H23N3O5. The highest BCUT2D eigenvalue weighted by molar-refractivity contribution is 5.95. The minimum Gasteiger partial charge on any atom is -0.465 e. The number of nitro groups is 1. The molecule has 0 saturated carbocycles. The van der Waals surface area contributed by atoms with E-state index in [1.165, 1.54) is 6.07 Å². The van der Waals surface area contributed by atoms with Gasteiger partial charge >= 0.3 is 0 Å². The predicted molar refractivity (Wildman–Crippen MR) is 98.7 cm³/mol. The van der Waals surface area contributed by atoms with Crippen LogP contribution in [-0.4, -0.2) is 48.6 Å². The lowest BCUT2D eigenvalue weighted by Crippen LogP contribution is -2.43. The summed E-state index contributed by atoms with van der Waals surface area (Å²) in [6.07, 6.45) is 0. The fourth-order valence-corrected chi connectivity index (χ4v) is 3.17. The molecule has 0 radical (unpaired) electrons. The van der Waals surface area contributed by atoms with Crippen LogP contribution in [0.3, 0.4) is 0 Å². The third-order valence-corrected chi connectivity index (χ3v) is 4.70. The fourth-order valence-electron chi connectivity index (χ4n) is 3.17. The largest absolute Gasteiger partial charge is 0.465 e. The van der Waals surface area contributed by atoms with Gasteiger partial charge in [-0.3, -0.25) is 19.8 Å². The van der Waals surface area contributed by atoms with E-state index in [1.54, 1.807) is 19.1 Å². The van der Waals surface area contributed by atoms with Gasteiger partial charge in [-0.1, -0.05) is 6.07 Å². The van der Waals surface area contributed by atoms with Gasteiger partial charge in [-0.05, 0) is 32.0 Å². The van der Waals surface area contributed by atoms with Gasteiger partial charge in [0.1, 0.15) is 11.5 Å². The summed E-state index contributed by atoms with van der Waals surface area (Å²) in [5.41, 5.74) is 0.728. The molecule has 1 amide bonds. The molecule has 1 atom stereocenters. The number of carbonyl (C=O) groups is 1. The molecule has 3 rings (SSSR count). The molecular weight excluding hydrogens is 350 g/mol. The highest BCUT2D eigenvalue weighted by Crippen LogP contribution is 2.24. The maximum Gasteiger partial charge on any atom is 0.273 e. The number of benzene rings is 1. The zero-order valence-electron chi connectivity index (χ0n) is 15.4. The standard InChI is InChI=1S/C19H23N3O5/c1-13-3-5-15(11-16(13)22(24)25)19(23)20-12-17(18-6-4-14(2)27-18)21-7-9-26-10-8-21/h3-6,11,17H,7-10,12H2,1-2H3,(H,20,23)/t17-/m1/s1. The van der Waals surface area contributed by atoms with Crippen molar-refractivity contribution in [1.29, 1.82) is 0 Å². The number of nitrogens with one attached hydrogen (secondary N) is 1. The summed E-state index contributed by atoms with van der Waals surface area (Å²) in [6.45, 7) is 6.63. The van der Waals surface area contributed by atoms with Crippen molar-refractivity contribution in [1.82, 2.24) is 10.2 Å². The van der Waals surface area contributed by atoms with Gasteiger partial charge in [0, 0.05) is 36.8 Å². The zero-order valence-corrected chi connectivity index (χ0v) is 15.4. The van der Waals surface area contributed by atoms with E-state index in [1.807, 2.05) is 19.1 Å². The molecule has 1 saturated heterocycles. The zero-order chi connectivity index (χ0) is 19.4. The molecule has 0 bridgehead atoms. The van der Waals surface area contributed by atoms with Crippen LogP contribution in [0.1, 0.15) is 33.5 Å². The van der Waals surface area contributed by atoms with Gasteiger partial charge in [0.15, 0.2) is 0 Å². The van der Waals surface area contributed by atoms with E-state index in [-0.39, 0.29) is 23.2 Å². The van der Waals surface area contributed by atoms with E-state index in [2.05, 4.69) is 10.2 Å². The topological polar surface area (TPSA) is 97.8 Å². The monoisotopic (exact) mass is 373 g/mol. The number of hydrogen-bond donors (Lipinski definition) is 1. The molecule has 0 spiro atoms. The molecule has 0 unspecified atom stereocenters. The third-order valence-electron chi connectivity index (χ3n) is 4.70.